The molecule has 0 fully saturated rings. The van der Waals surface area contributed by atoms with Gasteiger partial charge in [0.1, 0.15) is 10.8 Å². The van der Waals surface area contributed by atoms with Gasteiger partial charge < -0.3 is 19.9 Å². The molecule has 0 bridgehead atoms. The van der Waals surface area contributed by atoms with Crippen LogP contribution in [0.15, 0.2) is 12.1 Å². The highest BCUT2D eigenvalue weighted by Crippen LogP contribution is 2.32. The van der Waals surface area contributed by atoms with Gasteiger partial charge in [-0.1, -0.05) is 17.7 Å². The Hall–Kier alpha value is -1.37. The molecule has 1 heterocycles. The van der Waals surface area contributed by atoms with Crippen LogP contribution in [0.4, 0.5) is 4.79 Å². The SMILES string of the molecule is C[C@H](O)CO[C@H]1CCc2nc(Cl)ccc2[C@H]1NC(=O)OC(C)(C)C. The first-order valence-electron chi connectivity index (χ1n) is 8.10. The van der Waals surface area contributed by atoms with Gasteiger partial charge in [0.15, 0.2) is 0 Å². The number of aliphatic hydroxyl groups excluding tert-OH is 1. The molecule has 2 N–H and O–H groups in total. The van der Waals surface area contributed by atoms with E-state index in [0.717, 1.165) is 11.3 Å². The van der Waals surface area contributed by atoms with Crippen molar-refractivity contribution in [3.8, 4) is 0 Å². The molecule has 134 valence electrons. The molecule has 1 aliphatic carbocycles. The van der Waals surface area contributed by atoms with Gasteiger partial charge in [0, 0.05) is 5.69 Å². The Balaban J connectivity index is 2.20. The summed E-state index contributed by atoms with van der Waals surface area (Å²) in [5.74, 6) is 0. The fourth-order valence-electron chi connectivity index (χ4n) is 2.66. The number of ether oxygens (including phenoxy) is 2. The van der Waals surface area contributed by atoms with Crippen molar-refractivity contribution in [1.82, 2.24) is 10.3 Å². The topological polar surface area (TPSA) is 80.7 Å². The first-order valence-corrected chi connectivity index (χ1v) is 8.48. The molecule has 2 rings (SSSR count). The standard InChI is InChI=1S/C17H25ClN2O4/c1-10(21)9-23-13-7-6-12-11(5-8-14(18)19-12)15(13)20-16(22)24-17(2,3)4/h5,8,10,13,15,21H,6-7,9H2,1-4H3,(H,20,22)/t10-,13-,15+/m0/s1. The number of aryl methyl sites for hydroxylation is 1. The number of fused-ring (bicyclic) bond motifs is 1. The molecule has 7 heteroatoms. The lowest BCUT2D eigenvalue weighted by Crippen LogP contribution is -2.43. The predicted molar refractivity (Wildman–Crippen MR) is 91.1 cm³/mol. The zero-order valence-corrected chi connectivity index (χ0v) is 15.3. The van der Waals surface area contributed by atoms with Crippen molar-refractivity contribution < 1.29 is 19.4 Å². The second-order valence-corrected chi connectivity index (χ2v) is 7.44. The van der Waals surface area contributed by atoms with Gasteiger partial charge in [-0.25, -0.2) is 9.78 Å². The maximum absolute atomic E-state index is 12.2. The molecule has 1 aromatic rings. The Bertz CT molecular complexity index is 586. The van der Waals surface area contributed by atoms with Crippen molar-refractivity contribution in [3.63, 3.8) is 0 Å². The molecule has 0 radical (unpaired) electrons. The lowest BCUT2D eigenvalue weighted by molar-refractivity contribution is -0.0294. The Morgan fingerprint density at radius 2 is 2.21 bits per heavy atom. The Morgan fingerprint density at radius 3 is 2.83 bits per heavy atom. The minimum atomic E-state index is -0.588. The number of carbonyl (C=O) groups excluding carboxylic acids is 1. The lowest BCUT2D eigenvalue weighted by Gasteiger charge is -2.34. The number of pyridine rings is 1. The van der Waals surface area contributed by atoms with Crippen molar-refractivity contribution in [2.24, 2.45) is 0 Å². The van der Waals surface area contributed by atoms with E-state index in [1.54, 1.807) is 13.0 Å². The van der Waals surface area contributed by atoms with Crippen molar-refractivity contribution >= 4 is 17.7 Å². The van der Waals surface area contributed by atoms with Crippen LogP contribution < -0.4 is 5.32 Å². The molecule has 0 aliphatic heterocycles. The van der Waals surface area contributed by atoms with E-state index in [1.165, 1.54) is 0 Å². The molecule has 0 saturated carbocycles. The molecule has 1 aromatic heterocycles. The van der Waals surface area contributed by atoms with E-state index < -0.39 is 23.8 Å². The molecule has 0 unspecified atom stereocenters. The summed E-state index contributed by atoms with van der Waals surface area (Å²) in [5.41, 5.74) is 1.13. The molecule has 3 atom stereocenters. The minimum Gasteiger partial charge on any atom is -0.444 e. The third-order valence-electron chi connectivity index (χ3n) is 3.57. The molecular formula is C17H25ClN2O4. The first-order chi connectivity index (χ1) is 11.2. The molecule has 0 aromatic carbocycles. The summed E-state index contributed by atoms with van der Waals surface area (Å²) in [6.45, 7) is 7.29. The lowest BCUT2D eigenvalue weighted by atomic mass is 9.88. The largest absolute Gasteiger partial charge is 0.444 e. The second kappa shape index (κ2) is 7.68. The number of amides is 1. The molecule has 1 aliphatic rings. The predicted octanol–water partition coefficient (Wildman–Crippen LogP) is 3.01. The van der Waals surface area contributed by atoms with Gasteiger partial charge in [-0.3, -0.25) is 0 Å². The normalized spacial score (nSPS) is 21.8. The molecule has 0 spiro atoms. The molecule has 6 nitrogen and oxygen atoms in total. The van der Waals surface area contributed by atoms with Crippen molar-refractivity contribution in [3.05, 3.63) is 28.5 Å². The summed E-state index contributed by atoms with van der Waals surface area (Å²) in [7, 11) is 0. The number of halogens is 1. The average molecular weight is 357 g/mol. The third-order valence-corrected chi connectivity index (χ3v) is 3.78. The van der Waals surface area contributed by atoms with E-state index in [1.807, 2.05) is 26.8 Å². The summed E-state index contributed by atoms with van der Waals surface area (Å²) >= 11 is 5.97. The Labute approximate surface area is 147 Å². The molecule has 0 saturated heterocycles. The quantitative estimate of drug-likeness (QED) is 0.810. The van der Waals surface area contributed by atoms with Gasteiger partial charge in [-0.2, -0.15) is 0 Å². The van der Waals surface area contributed by atoms with Crippen LogP contribution in [-0.2, 0) is 15.9 Å². The van der Waals surface area contributed by atoms with Crippen LogP contribution in [0.3, 0.4) is 0 Å². The zero-order valence-electron chi connectivity index (χ0n) is 14.5. The van der Waals surface area contributed by atoms with Crippen LogP contribution in [0.5, 0.6) is 0 Å². The van der Waals surface area contributed by atoms with Crippen LogP contribution in [0.1, 0.15) is 51.4 Å². The highest BCUT2D eigenvalue weighted by molar-refractivity contribution is 6.29. The number of nitrogens with zero attached hydrogens (tertiary/aromatic N) is 1. The van der Waals surface area contributed by atoms with Crippen LogP contribution in [0.2, 0.25) is 5.15 Å². The number of hydrogen-bond donors (Lipinski definition) is 2. The van der Waals surface area contributed by atoms with E-state index in [4.69, 9.17) is 21.1 Å². The number of aromatic nitrogens is 1. The fraction of sp³-hybridized carbons (Fsp3) is 0.647. The number of carbonyl (C=O) groups is 1. The van der Waals surface area contributed by atoms with E-state index >= 15 is 0 Å². The van der Waals surface area contributed by atoms with Crippen LogP contribution >= 0.6 is 11.6 Å². The average Bonchev–Trinajstić information content (AvgIpc) is 2.43. The number of hydrogen-bond acceptors (Lipinski definition) is 5. The highest BCUT2D eigenvalue weighted by atomic mass is 35.5. The number of alkyl carbamates (subject to hydrolysis) is 1. The summed E-state index contributed by atoms with van der Waals surface area (Å²) in [5, 5.41) is 12.8. The van der Waals surface area contributed by atoms with Gasteiger partial charge in [-0.15, -0.1) is 0 Å². The Morgan fingerprint density at radius 1 is 1.50 bits per heavy atom. The van der Waals surface area contributed by atoms with Crippen LogP contribution in [-0.4, -0.2) is 40.6 Å². The van der Waals surface area contributed by atoms with E-state index in [9.17, 15) is 9.90 Å². The monoisotopic (exact) mass is 356 g/mol. The zero-order chi connectivity index (χ0) is 17.9. The summed E-state index contributed by atoms with van der Waals surface area (Å²) in [6.07, 6.45) is 0.0286. The van der Waals surface area contributed by atoms with Gasteiger partial charge in [0.05, 0.1) is 24.9 Å². The summed E-state index contributed by atoms with van der Waals surface area (Å²) in [4.78, 5) is 16.5. The van der Waals surface area contributed by atoms with Crippen LogP contribution in [0.25, 0.3) is 0 Å². The number of aliphatic hydroxyl groups is 1. The maximum atomic E-state index is 12.2. The molecule has 1 amide bonds. The minimum absolute atomic E-state index is 0.202. The van der Waals surface area contributed by atoms with Crippen molar-refractivity contribution in [2.45, 2.75) is 64.4 Å². The van der Waals surface area contributed by atoms with Gasteiger partial charge >= 0.3 is 6.09 Å². The van der Waals surface area contributed by atoms with Gasteiger partial charge in [0.2, 0.25) is 0 Å². The highest BCUT2D eigenvalue weighted by Gasteiger charge is 2.34. The second-order valence-electron chi connectivity index (χ2n) is 7.05. The van der Waals surface area contributed by atoms with Gasteiger partial charge in [-0.05, 0) is 52.2 Å². The van der Waals surface area contributed by atoms with E-state index in [-0.39, 0.29) is 12.7 Å². The van der Waals surface area contributed by atoms with E-state index in [0.29, 0.717) is 18.0 Å². The maximum Gasteiger partial charge on any atom is 0.408 e. The van der Waals surface area contributed by atoms with Crippen LogP contribution in [0, 0.1) is 0 Å². The third kappa shape index (κ3) is 5.33. The fourth-order valence-corrected chi connectivity index (χ4v) is 2.83. The van der Waals surface area contributed by atoms with E-state index in [2.05, 4.69) is 10.3 Å². The van der Waals surface area contributed by atoms with Gasteiger partial charge in [0.25, 0.3) is 0 Å². The first kappa shape index (κ1) is 19.0. The molecular weight excluding hydrogens is 332 g/mol. The van der Waals surface area contributed by atoms with Crippen molar-refractivity contribution in [2.75, 3.05) is 6.61 Å². The number of nitrogens with one attached hydrogen (secondary N) is 1. The smallest absolute Gasteiger partial charge is 0.408 e. The number of rotatable bonds is 4. The van der Waals surface area contributed by atoms with Crippen molar-refractivity contribution in [1.29, 1.82) is 0 Å². The molecule has 24 heavy (non-hydrogen) atoms. The summed E-state index contributed by atoms with van der Waals surface area (Å²) < 4.78 is 11.1. The summed E-state index contributed by atoms with van der Waals surface area (Å²) in [6, 6.07) is 3.15. The Kier molecular flexibility index (Phi) is 6.06.